The van der Waals surface area contributed by atoms with Crippen molar-refractivity contribution in [3.63, 3.8) is 0 Å². The molecule has 0 aliphatic carbocycles. The normalized spacial score (nSPS) is 10.8. The second-order valence-corrected chi connectivity index (χ2v) is 6.64. The molecule has 0 aliphatic rings. The van der Waals surface area contributed by atoms with Gasteiger partial charge in [0.05, 0.1) is 17.9 Å². The van der Waals surface area contributed by atoms with Crippen molar-refractivity contribution in [3.05, 3.63) is 83.7 Å². The van der Waals surface area contributed by atoms with Gasteiger partial charge in [0.15, 0.2) is 5.96 Å². The third-order valence-electron chi connectivity index (χ3n) is 4.56. The molecule has 0 aliphatic heterocycles. The predicted octanol–water partition coefficient (Wildman–Crippen LogP) is 3.57. The Balaban J connectivity index is 0.00000341. The van der Waals surface area contributed by atoms with Crippen molar-refractivity contribution in [2.45, 2.75) is 19.9 Å². The second-order valence-electron chi connectivity index (χ2n) is 6.64. The highest BCUT2D eigenvalue weighted by Gasteiger charge is 2.06. The zero-order chi connectivity index (χ0) is 21.2. The maximum Gasteiger partial charge on any atom is 0.338 e. The average Bonchev–Trinajstić information content (AvgIpc) is 3.32. The lowest BCUT2D eigenvalue weighted by molar-refractivity contribution is 0.0526. The number of nitrogens with zero attached hydrogens (tertiary/aromatic N) is 3. The fourth-order valence-corrected chi connectivity index (χ4v) is 2.94. The molecule has 0 saturated heterocycles. The number of carbonyl (C=O) groups is 1. The van der Waals surface area contributed by atoms with E-state index in [1.807, 2.05) is 29.1 Å². The van der Waals surface area contributed by atoms with Crippen LogP contribution in [0, 0.1) is 0 Å². The Morgan fingerprint density at radius 2 is 1.77 bits per heavy atom. The zero-order valence-electron chi connectivity index (χ0n) is 17.7. The average molecular weight is 533 g/mol. The predicted molar refractivity (Wildman–Crippen MR) is 133 cm³/mol. The van der Waals surface area contributed by atoms with E-state index in [0.717, 1.165) is 30.2 Å². The van der Waals surface area contributed by atoms with Crippen LogP contribution in [0.15, 0.2) is 72.0 Å². The topological polar surface area (TPSA) is 80.5 Å². The first-order chi connectivity index (χ1) is 14.7. The van der Waals surface area contributed by atoms with Crippen molar-refractivity contribution in [2.75, 3.05) is 20.2 Å². The standard InChI is InChI=1S/C23H27N5O2.HI/c1-3-30-22(29)20-9-5-19(6-10-20)17-26-23(24-2)25-15-13-18-7-11-21(12-8-18)28-16-4-14-27-28;/h4-12,14,16H,3,13,15,17H2,1-2H3,(H2,24,25,26);1H. The van der Waals surface area contributed by atoms with Crippen molar-refractivity contribution >= 4 is 35.9 Å². The van der Waals surface area contributed by atoms with Crippen molar-refractivity contribution in [3.8, 4) is 5.69 Å². The van der Waals surface area contributed by atoms with E-state index in [1.165, 1.54) is 5.56 Å². The first kappa shape index (κ1) is 24.4. The molecule has 7 nitrogen and oxygen atoms in total. The van der Waals surface area contributed by atoms with Gasteiger partial charge in [0.25, 0.3) is 0 Å². The number of halogens is 1. The first-order valence-electron chi connectivity index (χ1n) is 9.99. The minimum Gasteiger partial charge on any atom is -0.462 e. The van der Waals surface area contributed by atoms with Crippen LogP contribution < -0.4 is 10.6 Å². The van der Waals surface area contributed by atoms with E-state index >= 15 is 0 Å². The van der Waals surface area contributed by atoms with E-state index in [2.05, 4.69) is 45.0 Å². The molecule has 1 heterocycles. The number of nitrogens with one attached hydrogen (secondary N) is 2. The fourth-order valence-electron chi connectivity index (χ4n) is 2.94. The zero-order valence-corrected chi connectivity index (χ0v) is 20.1. The Bertz CT molecular complexity index is 955. The van der Waals surface area contributed by atoms with Gasteiger partial charge in [-0.2, -0.15) is 5.10 Å². The van der Waals surface area contributed by atoms with Gasteiger partial charge in [0, 0.05) is 32.5 Å². The Hall–Kier alpha value is -2.88. The maximum atomic E-state index is 11.7. The monoisotopic (exact) mass is 533 g/mol. The quantitative estimate of drug-likeness (QED) is 0.200. The summed E-state index contributed by atoms with van der Waals surface area (Å²) in [6, 6.07) is 17.6. The van der Waals surface area contributed by atoms with Crippen molar-refractivity contribution in [1.82, 2.24) is 20.4 Å². The van der Waals surface area contributed by atoms with E-state index in [-0.39, 0.29) is 29.9 Å². The van der Waals surface area contributed by atoms with Gasteiger partial charge >= 0.3 is 5.97 Å². The molecular weight excluding hydrogens is 505 g/mol. The smallest absolute Gasteiger partial charge is 0.338 e. The second kappa shape index (κ2) is 12.7. The Morgan fingerprint density at radius 1 is 1.06 bits per heavy atom. The molecule has 0 unspecified atom stereocenters. The van der Waals surface area contributed by atoms with E-state index in [4.69, 9.17) is 4.74 Å². The van der Waals surface area contributed by atoms with Crippen LogP contribution in [0.3, 0.4) is 0 Å². The van der Waals surface area contributed by atoms with Gasteiger partial charge in [0.2, 0.25) is 0 Å². The van der Waals surface area contributed by atoms with Crippen LogP contribution in [0.5, 0.6) is 0 Å². The van der Waals surface area contributed by atoms with Crippen LogP contribution >= 0.6 is 24.0 Å². The van der Waals surface area contributed by atoms with Crippen molar-refractivity contribution < 1.29 is 9.53 Å². The summed E-state index contributed by atoms with van der Waals surface area (Å²) >= 11 is 0. The summed E-state index contributed by atoms with van der Waals surface area (Å²) in [5, 5.41) is 10.8. The molecule has 0 fully saturated rings. The number of aromatic nitrogens is 2. The number of esters is 1. The third-order valence-corrected chi connectivity index (χ3v) is 4.56. The highest BCUT2D eigenvalue weighted by atomic mass is 127. The third kappa shape index (κ3) is 7.39. The molecule has 0 bridgehead atoms. The van der Waals surface area contributed by atoms with E-state index in [0.29, 0.717) is 18.7 Å². The lowest BCUT2D eigenvalue weighted by atomic mass is 10.1. The highest BCUT2D eigenvalue weighted by Crippen LogP contribution is 2.09. The SMILES string of the molecule is CCOC(=O)c1ccc(CNC(=NC)NCCc2ccc(-n3cccn3)cc2)cc1.I. The molecule has 2 aromatic carbocycles. The summed E-state index contributed by atoms with van der Waals surface area (Å²) in [7, 11) is 1.75. The molecule has 0 radical (unpaired) electrons. The number of benzene rings is 2. The summed E-state index contributed by atoms with van der Waals surface area (Å²) in [5.41, 5.74) is 3.90. The minimum atomic E-state index is -0.299. The molecule has 0 spiro atoms. The lowest BCUT2D eigenvalue weighted by Gasteiger charge is -2.12. The first-order valence-corrected chi connectivity index (χ1v) is 9.99. The van der Waals surface area contributed by atoms with Crippen LogP contribution in [0.2, 0.25) is 0 Å². The van der Waals surface area contributed by atoms with Crippen molar-refractivity contribution in [2.24, 2.45) is 4.99 Å². The number of ether oxygens (including phenoxy) is 1. The summed E-state index contributed by atoms with van der Waals surface area (Å²) in [5.74, 6) is 0.435. The summed E-state index contributed by atoms with van der Waals surface area (Å²) < 4.78 is 6.84. The maximum absolute atomic E-state index is 11.7. The summed E-state index contributed by atoms with van der Waals surface area (Å²) in [6.45, 7) is 3.55. The number of hydrogen-bond donors (Lipinski definition) is 2. The number of guanidine groups is 1. The number of carbonyl (C=O) groups excluding carboxylic acids is 1. The highest BCUT2D eigenvalue weighted by molar-refractivity contribution is 14.0. The van der Waals surface area contributed by atoms with Gasteiger partial charge in [-0.1, -0.05) is 24.3 Å². The van der Waals surface area contributed by atoms with Crippen LogP contribution in [0.25, 0.3) is 5.69 Å². The fraction of sp³-hybridized carbons (Fsp3) is 0.261. The van der Waals surface area contributed by atoms with Crippen LogP contribution in [-0.4, -0.2) is 41.9 Å². The van der Waals surface area contributed by atoms with Crippen LogP contribution in [0.1, 0.15) is 28.4 Å². The Morgan fingerprint density at radius 3 is 2.39 bits per heavy atom. The van der Waals surface area contributed by atoms with E-state index in [9.17, 15) is 4.79 Å². The van der Waals surface area contributed by atoms with E-state index in [1.54, 1.807) is 32.3 Å². The minimum absolute atomic E-state index is 0. The van der Waals surface area contributed by atoms with Gasteiger partial charge in [0.1, 0.15) is 0 Å². The lowest BCUT2D eigenvalue weighted by Crippen LogP contribution is -2.37. The number of hydrogen-bond acceptors (Lipinski definition) is 4. The largest absolute Gasteiger partial charge is 0.462 e. The van der Waals surface area contributed by atoms with E-state index < -0.39 is 0 Å². The molecule has 1 aromatic heterocycles. The molecule has 8 heteroatoms. The Labute approximate surface area is 199 Å². The van der Waals surface area contributed by atoms with Crippen molar-refractivity contribution in [1.29, 1.82) is 0 Å². The molecule has 0 atom stereocenters. The van der Waals surface area contributed by atoms with Gasteiger partial charge in [-0.3, -0.25) is 4.99 Å². The molecule has 0 saturated carbocycles. The number of rotatable bonds is 8. The van der Waals surface area contributed by atoms with Crippen LogP contribution in [-0.2, 0) is 17.7 Å². The summed E-state index contributed by atoms with van der Waals surface area (Å²) in [6.07, 6.45) is 4.58. The van der Waals surface area contributed by atoms with Crippen LogP contribution in [0.4, 0.5) is 0 Å². The molecule has 0 amide bonds. The molecule has 3 aromatic rings. The van der Waals surface area contributed by atoms with Gasteiger partial charge in [-0.25, -0.2) is 9.48 Å². The van der Waals surface area contributed by atoms with Gasteiger partial charge in [-0.15, -0.1) is 24.0 Å². The number of aliphatic imine (C=N–C) groups is 1. The molecule has 3 rings (SSSR count). The molecular formula is C23H28IN5O2. The van der Waals surface area contributed by atoms with Gasteiger partial charge in [-0.05, 0) is 54.8 Å². The molecule has 31 heavy (non-hydrogen) atoms. The Kier molecular flexibility index (Phi) is 10.0. The summed E-state index contributed by atoms with van der Waals surface area (Å²) in [4.78, 5) is 16.0. The molecule has 164 valence electrons. The van der Waals surface area contributed by atoms with Gasteiger partial charge < -0.3 is 15.4 Å². The molecule has 2 N–H and O–H groups in total.